The molecule has 0 N–H and O–H groups in total. The molecular weight excluding hydrogens is 190 g/mol. The summed E-state index contributed by atoms with van der Waals surface area (Å²) in [6.45, 7) is 1.74. The van der Waals surface area contributed by atoms with E-state index in [9.17, 15) is 9.59 Å². The number of allylic oxidation sites excluding steroid dienone is 1. The number of aromatic nitrogens is 1. The number of hydrogen-bond donors (Lipinski definition) is 0. The molecule has 0 aliphatic rings. The van der Waals surface area contributed by atoms with Gasteiger partial charge in [-0.25, -0.2) is 9.59 Å². The van der Waals surface area contributed by atoms with Crippen molar-refractivity contribution in [3.05, 3.63) is 32.5 Å². The summed E-state index contributed by atoms with van der Waals surface area (Å²) < 4.78 is 8.42. The predicted molar refractivity (Wildman–Crippen MR) is 45.5 cm³/mol. The third kappa shape index (κ3) is 2.42. The van der Waals surface area contributed by atoms with Crippen molar-refractivity contribution in [1.29, 1.82) is 0 Å². The van der Waals surface area contributed by atoms with E-state index < -0.39 is 11.3 Å². The largest absolute Gasteiger partial charge is 0.449 e. The van der Waals surface area contributed by atoms with Crippen molar-refractivity contribution in [3.63, 3.8) is 0 Å². The van der Waals surface area contributed by atoms with E-state index in [4.69, 9.17) is 11.3 Å². The van der Waals surface area contributed by atoms with Crippen LogP contribution in [-0.2, 0) is 0 Å². The van der Waals surface area contributed by atoms with Crippen LogP contribution in [0.5, 0.6) is 0 Å². The SMILES string of the molecule is C#CC(C)=CCOn1oc(=O)c(=O)o1. The van der Waals surface area contributed by atoms with Gasteiger partial charge in [-0.1, -0.05) is 5.92 Å². The number of rotatable bonds is 3. The lowest BCUT2D eigenvalue weighted by atomic mass is 10.3. The molecule has 0 saturated heterocycles. The molecule has 1 aromatic rings. The minimum atomic E-state index is -1.12. The van der Waals surface area contributed by atoms with E-state index in [2.05, 4.69) is 15.0 Å². The van der Waals surface area contributed by atoms with Gasteiger partial charge in [-0.05, 0) is 18.6 Å². The van der Waals surface area contributed by atoms with Crippen molar-refractivity contribution in [2.24, 2.45) is 0 Å². The monoisotopic (exact) mass is 197 g/mol. The molecule has 14 heavy (non-hydrogen) atoms. The molecule has 0 amide bonds. The topological polar surface area (TPSA) is 74.6 Å². The van der Waals surface area contributed by atoms with Gasteiger partial charge >= 0.3 is 11.3 Å². The molecule has 0 fully saturated rings. The van der Waals surface area contributed by atoms with Crippen molar-refractivity contribution in [2.45, 2.75) is 6.92 Å². The van der Waals surface area contributed by atoms with Crippen molar-refractivity contribution in [2.75, 3.05) is 6.61 Å². The molecule has 0 saturated carbocycles. The number of terminal acetylenes is 1. The van der Waals surface area contributed by atoms with E-state index >= 15 is 0 Å². The fourth-order valence-electron chi connectivity index (χ4n) is 0.563. The summed E-state index contributed by atoms with van der Waals surface area (Å²) in [7, 11) is 0. The van der Waals surface area contributed by atoms with Crippen LogP contribution < -0.4 is 16.1 Å². The Morgan fingerprint density at radius 2 is 2.14 bits per heavy atom. The lowest BCUT2D eigenvalue weighted by molar-refractivity contribution is -0.137. The van der Waals surface area contributed by atoms with E-state index in [1.807, 2.05) is 0 Å². The highest BCUT2D eigenvalue weighted by atomic mass is 17.0. The van der Waals surface area contributed by atoms with E-state index in [-0.39, 0.29) is 6.61 Å². The highest BCUT2D eigenvalue weighted by Crippen LogP contribution is 1.86. The Morgan fingerprint density at radius 3 is 2.64 bits per heavy atom. The maximum Gasteiger partial charge on any atom is 0.449 e. The van der Waals surface area contributed by atoms with Gasteiger partial charge in [0.15, 0.2) is 0 Å². The first-order valence-electron chi connectivity index (χ1n) is 3.64. The summed E-state index contributed by atoms with van der Waals surface area (Å²) in [6, 6.07) is 0. The zero-order valence-electron chi connectivity index (χ0n) is 7.35. The van der Waals surface area contributed by atoms with E-state index in [1.54, 1.807) is 13.0 Å². The van der Waals surface area contributed by atoms with Crippen molar-refractivity contribution < 1.29 is 13.9 Å². The first-order valence-corrected chi connectivity index (χ1v) is 3.64. The molecule has 0 aliphatic carbocycles. The maximum atomic E-state index is 10.5. The van der Waals surface area contributed by atoms with Crippen molar-refractivity contribution in [1.82, 2.24) is 5.08 Å². The number of hydrogen-bond acceptors (Lipinski definition) is 5. The third-order valence-corrected chi connectivity index (χ3v) is 1.28. The average molecular weight is 197 g/mol. The Hall–Kier alpha value is -2.16. The first-order chi connectivity index (χ1) is 6.63. The van der Waals surface area contributed by atoms with E-state index in [0.29, 0.717) is 10.6 Å². The lowest BCUT2D eigenvalue weighted by Crippen LogP contribution is -2.14. The Bertz CT molecular complexity index is 453. The van der Waals surface area contributed by atoms with Gasteiger partial charge in [0.2, 0.25) is 0 Å². The highest BCUT2D eigenvalue weighted by Gasteiger charge is 2.03. The zero-order chi connectivity index (χ0) is 10.6. The predicted octanol–water partition coefficient (Wildman–Crippen LogP) is -0.597. The van der Waals surface area contributed by atoms with Crippen LogP contribution >= 0.6 is 0 Å². The van der Waals surface area contributed by atoms with Gasteiger partial charge in [0.1, 0.15) is 11.7 Å². The van der Waals surface area contributed by atoms with Crippen LogP contribution in [-0.4, -0.2) is 11.7 Å². The van der Waals surface area contributed by atoms with E-state index in [1.165, 1.54) is 0 Å². The molecule has 1 aromatic heterocycles. The molecule has 0 aromatic carbocycles. The fourth-order valence-corrected chi connectivity index (χ4v) is 0.563. The molecule has 6 heteroatoms. The highest BCUT2D eigenvalue weighted by molar-refractivity contribution is 5.22. The van der Waals surface area contributed by atoms with Crippen LogP contribution in [0.25, 0.3) is 0 Å². The summed E-state index contributed by atoms with van der Waals surface area (Å²) in [5.74, 6) is 2.35. The summed E-state index contributed by atoms with van der Waals surface area (Å²) in [5.41, 5.74) is -1.59. The minimum absolute atomic E-state index is 0.0383. The summed E-state index contributed by atoms with van der Waals surface area (Å²) >= 11 is 0. The Morgan fingerprint density at radius 1 is 1.57 bits per heavy atom. The van der Waals surface area contributed by atoms with Gasteiger partial charge in [-0.3, -0.25) is 9.05 Å². The van der Waals surface area contributed by atoms with Gasteiger partial charge in [0.25, 0.3) is 0 Å². The van der Waals surface area contributed by atoms with Crippen LogP contribution in [0.1, 0.15) is 6.92 Å². The van der Waals surface area contributed by atoms with Crippen LogP contribution in [0.2, 0.25) is 0 Å². The third-order valence-electron chi connectivity index (χ3n) is 1.28. The Labute approximate surface area is 78.3 Å². The van der Waals surface area contributed by atoms with Crippen LogP contribution in [0.3, 0.4) is 0 Å². The minimum Gasteiger partial charge on any atom is -0.353 e. The molecule has 0 bridgehead atoms. The fraction of sp³-hybridized carbons (Fsp3) is 0.250. The second kappa shape index (κ2) is 4.18. The molecule has 1 rings (SSSR count). The molecule has 6 nitrogen and oxygen atoms in total. The van der Waals surface area contributed by atoms with Gasteiger partial charge in [0.05, 0.1) is 0 Å². The van der Waals surface area contributed by atoms with E-state index in [0.717, 1.165) is 0 Å². The maximum absolute atomic E-state index is 10.5. The molecule has 0 unspecified atom stereocenters. The van der Waals surface area contributed by atoms with Gasteiger partial charge in [-0.2, -0.15) is 0 Å². The normalized spacial score (nSPS) is 11.0. The van der Waals surface area contributed by atoms with Gasteiger partial charge in [0, 0.05) is 0 Å². The molecular formula is C8H7NO5. The molecule has 74 valence electrons. The van der Waals surface area contributed by atoms with Gasteiger partial charge < -0.3 is 4.84 Å². The number of nitrogens with zero attached hydrogens (tertiary/aromatic N) is 1. The second-order valence-corrected chi connectivity index (χ2v) is 2.31. The Kier molecular flexibility index (Phi) is 2.97. The van der Waals surface area contributed by atoms with Gasteiger partial charge in [-0.15, -0.1) is 6.42 Å². The first kappa shape index (κ1) is 9.92. The van der Waals surface area contributed by atoms with Crippen molar-refractivity contribution in [3.8, 4) is 12.3 Å². The molecule has 0 atom stereocenters. The summed E-state index contributed by atoms with van der Waals surface area (Å²) in [6.07, 6.45) is 6.61. The summed E-state index contributed by atoms with van der Waals surface area (Å²) in [5, 5.41) is 0.338. The molecule has 1 heterocycles. The quantitative estimate of drug-likeness (QED) is 0.478. The standard InChI is InChI=1S/C8H7NO5/c1-3-6(2)4-5-12-9-13-7(10)8(11)14-9/h1,4H,5H2,2H3. The smallest absolute Gasteiger partial charge is 0.353 e. The van der Waals surface area contributed by atoms with Crippen LogP contribution in [0.4, 0.5) is 0 Å². The molecule has 0 aliphatic heterocycles. The van der Waals surface area contributed by atoms with Crippen LogP contribution in [0, 0.1) is 12.3 Å². The Balaban J connectivity index is 2.60. The van der Waals surface area contributed by atoms with Crippen LogP contribution in [0.15, 0.2) is 30.3 Å². The molecule has 0 spiro atoms. The zero-order valence-corrected chi connectivity index (χ0v) is 7.35. The lowest BCUT2D eigenvalue weighted by Gasteiger charge is -1.95. The average Bonchev–Trinajstić information content (AvgIpc) is 2.46. The summed E-state index contributed by atoms with van der Waals surface area (Å²) in [4.78, 5) is 25.6. The second-order valence-electron chi connectivity index (χ2n) is 2.31. The van der Waals surface area contributed by atoms with Crippen molar-refractivity contribution >= 4 is 0 Å². The molecule has 0 radical (unpaired) electrons.